The number of aryl methyl sites for hydroxylation is 2. The third-order valence-electron chi connectivity index (χ3n) is 15.9. The molecule has 0 aromatic heterocycles. The molecule has 2 aliphatic heterocycles. The number of amides is 8. The second kappa shape index (κ2) is 26.5. The maximum absolute atomic E-state index is 15.0. The fourth-order valence-electron chi connectivity index (χ4n) is 11.1. The van der Waals surface area contributed by atoms with E-state index in [0.29, 0.717) is 0 Å². The first-order valence-corrected chi connectivity index (χ1v) is 29.3. The predicted octanol–water partition coefficient (Wildman–Crippen LogP) is 6.92. The Morgan fingerprint density at radius 3 is 1.22 bits per heavy atom. The lowest BCUT2D eigenvalue weighted by Crippen LogP contribution is -2.60. The standard InChI is InChI=1S/C62H94N8O12/c1-37(67(15)57(77)81-61(9,10)11)51(71)65-49(59(3,4)5)55(75)69-35-41(33-47(69)53(73)63-45-29-21-25-39-23-17-19-27-43(39)45)79-31-32-80-42-34-48(54(74)64-46-30-22-26-40-24-18-20-28-44(40)46)70(36-42)56(76)50(60(6,7)8)66-52(72)38(2)68(16)58(78)82-62(12,13)14/h17-20,23-24,27-28,37-38,41-42,45-50H,21-22,25-26,29-36H2,1-16H3,(H,63,73)(H,64,74)(H,65,71)(H,66,72)/t37-,38-,41-,42-,45+,46+,47-,48?,49+,50+/m0/s1. The first kappa shape index (κ1) is 64.9. The molecular weight excluding hydrogens is 1050 g/mol. The third-order valence-corrected chi connectivity index (χ3v) is 15.9. The Labute approximate surface area is 486 Å². The highest BCUT2D eigenvalue weighted by Crippen LogP contribution is 2.35. The number of nitrogens with zero attached hydrogens (tertiary/aromatic N) is 4. The summed E-state index contributed by atoms with van der Waals surface area (Å²) in [6.45, 7) is 24.5. The van der Waals surface area contributed by atoms with E-state index >= 15 is 0 Å². The fraction of sp³-hybridized carbons (Fsp3) is 0.677. The summed E-state index contributed by atoms with van der Waals surface area (Å²) in [6.07, 6.45) is 2.66. The van der Waals surface area contributed by atoms with Crippen LogP contribution in [-0.4, -0.2) is 167 Å². The van der Waals surface area contributed by atoms with E-state index in [4.69, 9.17) is 18.9 Å². The van der Waals surface area contributed by atoms with Gasteiger partial charge >= 0.3 is 12.2 Å². The summed E-state index contributed by atoms with van der Waals surface area (Å²) in [7, 11) is 2.92. The zero-order valence-corrected chi connectivity index (χ0v) is 51.6. The van der Waals surface area contributed by atoms with Crippen LogP contribution in [0.25, 0.3) is 0 Å². The van der Waals surface area contributed by atoms with Crippen LogP contribution >= 0.6 is 0 Å². The van der Waals surface area contributed by atoms with E-state index < -0.39 is 106 Å². The number of rotatable bonds is 17. The molecule has 2 saturated heterocycles. The summed E-state index contributed by atoms with van der Waals surface area (Å²) in [5.74, 6) is -2.81. The number of likely N-dealkylation sites (N-methyl/N-ethyl adjacent to an activating group) is 2. The topological polar surface area (TPSA) is 235 Å². The molecule has 4 aliphatic rings. The van der Waals surface area contributed by atoms with Gasteiger partial charge in [-0.3, -0.25) is 38.6 Å². The van der Waals surface area contributed by atoms with E-state index in [1.807, 2.05) is 77.9 Å². The van der Waals surface area contributed by atoms with Crippen molar-refractivity contribution in [2.24, 2.45) is 10.8 Å². The Kier molecular flexibility index (Phi) is 21.0. The highest BCUT2D eigenvalue weighted by Gasteiger charge is 2.49. The van der Waals surface area contributed by atoms with Crippen LogP contribution in [0.5, 0.6) is 0 Å². The molecule has 2 fully saturated rings. The Hall–Kier alpha value is -6.28. The molecule has 10 atom stereocenters. The van der Waals surface area contributed by atoms with E-state index in [1.54, 1.807) is 55.4 Å². The predicted molar refractivity (Wildman–Crippen MR) is 310 cm³/mol. The van der Waals surface area contributed by atoms with Gasteiger partial charge < -0.3 is 50.0 Å². The molecular formula is C62H94N8O12. The summed E-state index contributed by atoms with van der Waals surface area (Å²) in [5, 5.41) is 12.3. The molecule has 2 aliphatic carbocycles. The third kappa shape index (κ3) is 16.7. The van der Waals surface area contributed by atoms with E-state index in [0.717, 1.165) is 60.8 Å². The molecule has 0 bridgehead atoms. The van der Waals surface area contributed by atoms with Gasteiger partial charge in [0.15, 0.2) is 0 Å². The average Bonchev–Trinajstić information content (AvgIpc) is 3.48. The molecule has 2 aromatic rings. The summed E-state index contributed by atoms with van der Waals surface area (Å²) in [6, 6.07) is 9.34. The minimum atomic E-state index is -1.11. The van der Waals surface area contributed by atoms with Crippen LogP contribution in [0.1, 0.15) is 170 Å². The first-order chi connectivity index (χ1) is 38.1. The summed E-state index contributed by atoms with van der Waals surface area (Å²) in [5.41, 5.74) is 1.11. The van der Waals surface area contributed by atoms with Gasteiger partial charge in [0, 0.05) is 40.0 Å². The number of carbonyl (C=O) groups is 8. The number of benzene rings is 2. The molecule has 4 N–H and O–H groups in total. The van der Waals surface area contributed by atoms with Crippen LogP contribution in [-0.2, 0) is 60.6 Å². The average molecular weight is 1140 g/mol. The zero-order chi connectivity index (χ0) is 60.8. The van der Waals surface area contributed by atoms with Crippen molar-refractivity contribution in [2.45, 2.75) is 220 Å². The lowest BCUT2D eigenvalue weighted by atomic mass is 9.85. The highest BCUT2D eigenvalue weighted by molar-refractivity contribution is 5.96. The molecule has 6 rings (SSSR count). The molecule has 0 spiro atoms. The highest BCUT2D eigenvalue weighted by atomic mass is 16.6. The minimum absolute atomic E-state index is 0.0261. The zero-order valence-electron chi connectivity index (χ0n) is 51.6. The van der Waals surface area contributed by atoms with Crippen LogP contribution in [0.3, 0.4) is 0 Å². The summed E-state index contributed by atoms with van der Waals surface area (Å²) in [4.78, 5) is 118. The summed E-state index contributed by atoms with van der Waals surface area (Å²) < 4.78 is 23.9. The Morgan fingerprint density at radius 1 is 0.549 bits per heavy atom. The molecule has 454 valence electrons. The van der Waals surface area contributed by atoms with Crippen molar-refractivity contribution in [2.75, 3.05) is 40.4 Å². The minimum Gasteiger partial charge on any atom is -0.444 e. The molecule has 2 aromatic carbocycles. The van der Waals surface area contributed by atoms with Gasteiger partial charge in [-0.05, 0) is 127 Å². The van der Waals surface area contributed by atoms with Gasteiger partial charge in [0.1, 0.15) is 47.5 Å². The second-order valence-electron chi connectivity index (χ2n) is 26.9. The van der Waals surface area contributed by atoms with Crippen molar-refractivity contribution in [3.05, 3.63) is 70.8 Å². The number of hydrogen-bond acceptors (Lipinski definition) is 12. The molecule has 2 heterocycles. The monoisotopic (exact) mass is 1140 g/mol. The van der Waals surface area contributed by atoms with Crippen molar-refractivity contribution in [3.63, 3.8) is 0 Å². The van der Waals surface area contributed by atoms with Crippen molar-refractivity contribution >= 4 is 47.6 Å². The Bertz CT molecular complexity index is 2460. The second-order valence-corrected chi connectivity index (χ2v) is 26.9. The van der Waals surface area contributed by atoms with Gasteiger partial charge in [-0.25, -0.2) is 9.59 Å². The smallest absolute Gasteiger partial charge is 0.410 e. The number of likely N-dealkylation sites (tertiary alicyclic amines) is 2. The molecule has 8 amide bonds. The molecule has 20 heteroatoms. The largest absolute Gasteiger partial charge is 0.444 e. The van der Waals surface area contributed by atoms with Crippen LogP contribution < -0.4 is 21.3 Å². The van der Waals surface area contributed by atoms with Crippen LogP contribution in [0, 0.1) is 10.8 Å². The Morgan fingerprint density at radius 2 is 0.890 bits per heavy atom. The number of nitrogens with one attached hydrogen (secondary N) is 4. The van der Waals surface area contributed by atoms with Gasteiger partial charge in [0.05, 0.1) is 37.5 Å². The van der Waals surface area contributed by atoms with Gasteiger partial charge in [-0.2, -0.15) is 0 Å². The van der Waals surface area contributed by atoms with E-state index in [2.05, 4.69) is 33.4 Å². The SMILES string of the molecule is C[C@@H](C(=O)N[C@H](C(=O)N1C[C@@H](OCCO[C@H]2C[C@@H](C(=O)N[C@@H]3CCCc4ccccc43)N(C(=O)[C@@H](NC(=O)[C@H](C)N(C)C(=O)OC(C)(C)C)C(C)(C)C)C2)CC1C(=O)N[C@@H]1CCCc2ccccc21)C(C)(C)C)N(C)C(=O)OC(C)(C)C. The van der Waals surface area contributed by atoms with Crippen molar-refractivity contribution in [1.82, 2.24) is 40.9 Å². The lowest BCUT2D eigenvalue weighted by molar-refractivity contribution is -0.145. The molecule has 20 nitrogen and oxygen atoms in total. The quantitative estimate of drug-likeness (QED) is 0.118. The number of hydrogen-bond donors (Lipinski definition) is 4. The maximum atomic E-state index is 15.0. The van der Waals surface area contributed by atoms with Crippen molar-refractivity contribution in [3.8, 4) is 0 Å². The van der Waals surface area contributed by atoms with E-state index in [9.17, 15) is 38.4 Å². The van der Waals surface area contributed by atoms with Crippen LogP contribution in [0.2, 0.25) is 0 Å². The van der Waals surface area contributed by atoms with Gasteiger partial charge in [-0.15, -0.1) is 0 Å². The number of carbonyl (C=O) groups excluding carboxylic acids is 8. The van der Waals surface area contributed by atoms with Gasteiger partial charge in [0.2, 0.25) is 35.4 Å². The molecule has 1 unspecified atom stereocenters. The van der Waals surface area contributed by atoms with Gasteiger partial charge in [-0.1, -0.05) is 90.1 Å². The number of ether oxygens (including phenoxy) is 4. The molecule has 0 radical (unpaired) electrons. The van der Waals surface area contributed by atoms with E-state index in [1.165, 1.54) is 33.7 Å². The van der Waals surface area contributed by atoms with Crippen LogP contribution in [0.15, 0.2) is 48.5 Å². The Balaban J connectivity index is 1.19. The number of fused-ring (bicyclic) bond motifs is 2. The van der Waals surface area contributed by atoms with Crippen molar-refractivity contribution < 1.29 is 57.3 Å². The lowest BCUT2D eigenvalue weighted by Gasteiger charge is -2.37. The maximum Gasteiger partial charge on any atom is 0.410 e. The fourth-order valence-corrected chi connectivity index (χ4v) is 11.1. The van der Waals surface area contributed by atoms with Crippen molar-refractivity contribution in [1.29, 1.82) is 0 Å². The molecule has 82 heavy (non-hydrogen) atoms. The van der Waals surface area contributed by atoms with Gasteiger partial charge in [0.25, 0.3) is 0 Å². The molecule has 0 saturated carbocycles. The summed E-state index contributed by atoms with van der Waals surface area (Å²) >= 11 is 0. The van der Waals surface area contributed by atoms with E-state index in [-0.39, 0.29) is 63.0 Å². The normalized spacial score (nSPS) is 22.5. The first-order valence-electron chi connectivity index (χ1n) is 29.3. The van der Waals surface area contributed by atoms with Crippen LogP contribution in [0.4, 0.5) is 9.59 Å².